The molecule has 1 aromatic carbocycles. The number of hydrogen-bond donors (Lipinski definition) is 1. The standard InChI is InChI=1S/C12H16FNO/c1-8-5-9(7-12(14)3-4-12)11(15-2)10(13)6-8/h5-6H,3-4,7,14H2,1-2H3. The minimum atomic E-state index is -0.295. The molecule has 0 bridgehead atoms. The Bertz CT molecular complexity index is 385. The highest BCUT2D eigenvalue weighted by atomic mass is 19.1. The van der Waals surface area contributed by atoms with Crippen molar-refractivity contribution in [2.24, 2.45) is 5.73 Å². The average molecular weight is 209 g/mol. The molecule has 15 heavy (non-hydrogen) atoms. The smallest absolute Gasteiger partial charge is 0.165 e. The molecule has 0 atom stereocenters. The molecule has 1 saturated carbocycles. The zero-order valence-electron chi connectivity index (χ0n) is 9.14. The Kier molecular flexibility index (Phi) is 2.43. The van der Waals surface area contributed by atoms with Crippen molar-refractivity contribution in [3.05, 3.63) is 29.1 Å². The van der Waals surface area contributed by atoms with Gasteiger partial charge in [0.15, 0.2) is 11.6 Å². The van der Waals surface area contributed by atoms with E-state index in [1.165, 1.54) is 13.2 Å². The van der Waals surface area contributed by atoms with E-state index in [0.717, 1.165) is 24.0 Å². The summed E-state index contributed by atoms with van der Waals surface area (Å²) in [6.07, 6.45) is 2.74. The third-order valence-corrected chi connectivity index (χ3v) is 2.90. The van der Waals surface area contributed by atoms with Crippen molar-refractivity contribution in [1.82, 2.24) is 0 Å². The summed E-state index contributed by atoms with van der Waals surface area (Å²) in [4.78, 5) is 0. The number of nitrogens with two attached hydrogens (primary N) is 1. The highest BCUT2D eigenvalue weighted by molar-refractivity contribution is 5.40. The van der Waals surface area contributed by atoms with Crippen LogP contribution in [0.1, 0.15) is 24.0 Å². The molecule has 2 N–H and O–H groups in total. The summed E-state index contributed by atoms with van der Waals surface area (Å²) in [7, 11) is 1.49. The van der Waals surface area contributed by atoms with Crippen molar-refractivity contribution in [2.75, 3.05) is 7.11 Å². The van der Waals surface area contributed by atoms with Gasteiger partial charge < -0.3 is 10.5 Å². The van der Waals surface area contributed by atoms with Crippen LogP contribution in [-0.4, -0.2) is 12.6 Å². The zero-order valence-corrected chi connectivity index (χ0v) is 9.14. The molecule has 2 rings (SSSR count). The van der Waals surface area contributed by atoms with E-state index in [1.54, 1.807) is 0 Å². The molecule has 0 aromatic heterocycles. The molecule has 1 fully saturated rings. The third-order valence-electron chi connectivity index (χ3n) is 2.90. The number of hydrogen-bond acceptors (Lipinski definition) is 2. The minimum absolute atomic E-state index is 0.118. The van der Waals surface area contributed by atoms with Gasteiger partial charge in [-0.15, -0.1) is 0 Å². The van der Waals surface area contributed by atoms with Gasteiger partial charge in [0.2, 0.25) is 0 Å². The fraction of sp³-hybridized carbons (Fsp3) is 0.500. The summed E-state index contributed by atoms with van der Waals surface area (Å²) in [5.74, 6) is 0.0501. The molecule has 0 amide bonds. The predicted octanol–water partition coefficient (Wildman–Crippen LogP) is 2.18. The molecule has 1 aliphatic carbocycles. The normalized spacial score (nSPS) is 17.6. The topological polar surface area (TPSA) is 35.2 Å². The highest BCUT2D eigenvalue weighted by Crippen LogP contribution is 2.38. The Morgan fingerprint density at radius 1 is 1.47 bits per heavy atom. The predicted molar refractivity (Wildman–Crippen MR) is 57.5 cm³/mol. The van der Waals surface area contributed by atoms with Gasteiger partial charge in [0.25, 0.3) is 0 Å². The Morgan fingerprint density at radius 2 is 2.13 bits per heavy atom. The van der Waals surface area contributed by atoms with Crippen molar-refractivity contribution in [3.63, 3.8) is 0 Å². The van der Waals surface area contributed by atoms with Crippen LogP contribution in [0.3, 0.4) is 0 Å². The van der Waals surface area contributed by atoms with Crippen LogP contribution in [-0.2, 0) is 6.42 Å². The van der Waals surface area contributed by atoms with Crippen LogP contribution in [0, 0.1) is 12.7 Å². The van der Waals surface area contributed by atoms with Crippen LogP contribution in [0.5, 0.6) is 5.75 Å². The van der Waals surface area contributed by atoms with Crippen molar-refractivity contribution >= 4 is 0 Å². The summed E-state index contributed by atoms with van der Waals surface area (Å²) in [5.41, 5.74) is 7.70. The van der Waals surface area contributed by atoms with Gasteiger partial charge in [-0.3, -0.25) is 0 Å². The van der Waals surface area contributed by atoms with E-state index < -0.39 is 0 Å². The molecule has 0 aliphatic heterocycles. The van der Waals surface area contributed by atoms with Gasteiger partial charge >= 0.3 is 0 Å². The molecule has 0 saturated heterocycles. The molecule has 82 valence electrons. The van der Waals surface area contributed by atoms with Gasteiger partial charge in [0.05, 0.1) is 7.11 Å². The molecule has 3 heteroatoms. The van der Waals surface area contributed by atoms with E-state index in [-0.39, 0.29) is 11.4 Å². The first-order valence-corrected chi connectivity index (χ1v) is 5.16. The molecule has 0 radical (unpaired) electrons. The maximum Gasteiger partial charge on any atom is 0.165 e. The number of aryl methyl sites for hydroxylation is 1. The van der Waals surface area contributed by atoms with Crippen molar-refractivity contribution in [1.29, 1.82) is 0 Å². The molecule has 1 aliphatic rings. The fourth-order valence-electron chi connectivity index (χ4n) is 1.88. The van der Waals surface area contributed by atoms with E-state index in [0.29, 0.717) is 12.2 Å². The number of benzene rings is 1. The van der Waals surface area contributed by atoms with E-state index >= 15 is 0 Å². The van der Waals surface area contributed by atoms with Crippen LogP contribution in [0.15, 0.2) is 12.1 Å². The van der Waals surface area contributed by atoms with Gasteiger partial charge in [0.1, 0.15) is 0 Å². The van der Waals surface area contributed by atoms with Gasteiger partial charge in [-0.25, -0.2) is 4.39 Å². The summed E-state index contributed by atoms with van der Waals surface area (Å²) < 4.78 is 18.6. The fourth-order valence-corrected chi connectivity index (χ4v) is 1.88. The lowest BCUT2D eigenvalue weighted by Crippen LogP contribution is -2.25. The summed E-state index contributed by atoms with van der Waals surface area (Å²) >= 11 is 0. The number of halogens is 1. The van der Waals surface area contributed by atoms with Crippen LogP contribution in [0.4, 0.5) is 4.39 Å². The Hall–Kier alpha value is -1.09. The van der Waals surface area contributed by atoms with Gasteiger partial charge in [0, 0.05) is 5.54 Å². The first-order chi connectivity index (χ1) is 7.04. The first kappa shape index (κ1) is 10.4. The maximum atomic E-state index is 13.5. The monoisotopic (exact) mass is 209 g/mol. The molecule has 2 nitrogen and oxygen atoms in total. The number of methoxy groups -OCH3 is 1. The molecule has 0 heterocycles. The molecule has 0 unspecified atom stereocenters. The lowest BCUT2D eigenvalue weighted by atomic mass is 10.0. The second-order valence-corrected chi connectivity index (χ2v) is 4.48. The van der Waals surface area contributed by atoms with Crippen molar-refractivity contribution < 1.29 is 9.13 Å². The second kappa shape index (κ2) is 3.49. The summed E-state index contributed by atoms with van der Waals surface area (Å²) in [5, 5.41) is 0. The number of ether oxygens (including phenoxy) is 1. The lowest BCUT2D eigenvalue weighted by molar-refractivity contribution is 0.379. The highest BCUT2D eigenvalue weighted by Gasteiger charge is 2.39. The van der Waals surface area contributed by atoms with E-state index in [9.17, 15) is 4.39 Å². The molecular weight excluding hydrogens is 193 g/mol. The van der Waals surface area contributed by atoms with Gasteiger partial charge in [-0.1, -0.05) is 6.07 Å². The Labute approximate surface area is 89.2 Å². The Balaban J connectivity index is 2.35. The second-order valence-electron chi connectivity index (χ2n) is 4.48. The Morgan fingerprint density at radius 3 is 2.67 bits per heavy atom. The lowest BCUT2D eigenvalue weighted by Gasteiger charge is -2.14. The van der Waals surface area contributed by atoms with Crippen LogP contribution in [0.25, 0.3) is 0 Å². The maximum absolute atomic E-state index is 13.5. The van der Waals surface area contributed by atoms with Crippen LogP contribution >= 0.6 is 0 Å². The van der Waals surface area contributed by atoms with Gasteiger partial charge in [-0.2, -0.15) is 0 Å². The van der Waals surface area contributed by atoms with Crippen molar-refractivity contribution in [3.8, 4) is 5.75 Å². The molecule has 0 spiro atoms. The minimum Gasteiger partial charge on any atom is -0.493 e. The number of rotatable bonds is 3. The van der Waals surface area contributed by atoms with E-state index in [1.807, 2.05) is 13.0 Å². The van der Waals surface area contributed by atoms with Gasteiger partial charge in [-0.05, 0) is 43.4 Å². The first-order valence-electron chi connectivity index (χ1n) is 5.16. The largest absolute Gasteiger partial charge is 0.493 e. The summed E-state index contributed by atoms with van der Waals surface area (Å²) in [6, 6.07) is 3.44. The summed E-state index contributed by atoms with van der Waals surface area (Å²) in [6.45, 7) is 1.88. The SMILES string of the molecule is COc1c(F)cc(C)cc1CC1(N)CC1. The van der Waals surface area contributed by atoms with E-state index in [2.05, 4.69) is 0 Å². The quantitative estimate of drug-likeness (QED) is 0.828. The van der Waals surface area contributed by atoms with Crippen LogP contribution in [0.2, 0.25) is 0 Å². The third kappa shape index (κ3) is 2.12. The molecule has 1 aromatic rings. The van der Waals surface area contributed by atoms with Crippen molar-refractivity contribution in [2.45, 2.75) is 31.7 Å². The van der Waals surface area contributed by atoms with E-state index in [4.69, 9.17) is 10.5 Å². The molecular formula is C12H16FNO. The van der Waals surface area contributed by atoms with Crippen LogP contribution < -0.4 is 10.5 Å². The zero-order chi connectivity index (χ0) is 11.1. The average Bonchev–Trinajstić information content (AvgIpc) is 2.82.